The van der Waals surface area contributed by atoms with Gasteiger partial charge in [0, 0.05) is 16.7 Å². The van der Waals surface area contributed by atoms with E-state index in [4.69, 9.17) is 38.4 Å². The van der Waals surface area contributed by atoms with Gasteiger partial charge in [-0.25, -0.2) is 4.79 Å². The van der Waals surface area contributed by atoms with Crippen LogP contribution in [0, 0.1) is 0 Å². The summed E-state index contributed by atoms with van der Waals surface area (Å²) in [5, 5.41) is 4.21. The van der Waals surface area contributed by atoms with Crippen LogP contribution >= 0.6 is 39.1 Å². The van der Waals surface area contributed by atoms with E-state index in [1.54, 1.807) is 24.3 Å². The fourth-order valence-electron chi connectivity index (χ4n) is 4.85. The summed E-state index contributed by atoms with van der Waals surface area (Å²) in [6.07, 6.45) is 5.85. The third-order valence-corrected chi connectivity index (χ3v) is 8.44. The van der Waals surface area contributed by atoms with Crippen LogP contribution in [0.5, 0.6) is 0 Å². The van der Waals surface area contributed by atoms with E-state index in [-0.39, 0.29) is 18.4 Å². The zero-order valence-electron chi connectivity index (χ0n) is 23.5. The van der Waals surface area contributed by atoms with Gasteiger partial charge in [-0.05, 0) is 103 Å². The molecule has 7 nitrogen and oxygen atoms in total. The number of hydrogen-bond acceptors (Lipinski definition) is 7. The number of ether oxygens (including phenoxy) is 2. The Hall–Kier alpha value is -2.78. The Bertz CT molecular complexity index is 1360. The minimum absolute atomic E-state index is 0.111. The maximum atomic E-state index is 12.7. The van der Waals surface area contributed by atoms with E-state index in [1.807, 2.05) is 30.3 Å². The number of esters is 2. The number of anilines is 3. The molecule has 1 saturated heterocycles. The molecular weight excluding hydrogens is 641 g/mol. The van der Waals surface area contributed by atoms with Crippen molar-refractivity contribution in [3.8, 4) is 0 Å². The average molecular weight is 677 g/mol. The Kier molecular flexibility index (Phi) is 12.4. The first-order chi connectivity index (χ1) is 20.3. The highest BCUT2D eigenvalue weighted by Crippen LogP contribution is 2.34. The number of nitrogens with zero attached hydrogens (tertiary/aromatic N) is 1. The molecule has 0 atom stereocenters. The van der Waals surface area contributed by atoms with Gasteiger partial charge in [0.05, 0.1) is 46.6 Å². The molecule has 0 saturated carbocycles. The normalized spacial score (nSPS) is 13.5. The molecule has 1 aliphatic rings. The summed E-state index contributed by atoms with van der Waals surface area (Å²) in [6.45, 7) is 3.40. The highest BCUT2D eigenvalue weighted by atomic mass is 79.9. The largest absolute Gasteiger partial charge is 0.465 e. The van der Waals surface area contributed by atoms with Gasteiger partial charge < -0.3 is 20.5 Å². The monoisotopic (exact) mass is 675 g/mol. The molecule has 0 bridgehead atoms. The third kappa shape index (κ3) is 9.36. The van der Waals surface area contributed by atoms with Crippen LogP contribution in [0.2, 0.25) is 10.0 Å². The van der Waals surface area contributed by atoms with Gasteiger partial charge in [-0.3, -0.25) is 9.69 Å². The molecule has 42 heavy (non-hydrogen) atoms. The first-order valence-electron chi connectivity index (χ1n) is 14.2. The predicted octanol–water partition coefficient (Wildman–Crippen LogP) is 8.18. The lowest BCUT2D eigenvalue weighted by atomic mass is 10.1. The Morgan fingerprint density at radius 3 is 2.31 bits per heavy atom. The quantitative estimate of drug-likeness (QED) is 0.107. The van der Waals surface area contributed by atoms with Crippen molar-refractivity contribution >= 4 is 68.1 Å². The van der Waals surface area contributed by atoms with Crippen molar-refractivity contribution in [1.29, 1.82) is 0 Å². The van der Waals surface area contributed by atoms with Gasteiger partial charge in [0.25, 0.3) is 0 Å². The van der Waals surface area contributed by atoms with Gasteiger partial charge >= 0.3 is 11.9 Å². The SMILES string of the molecule is Nc1c(Br)cc(C(=O)OCCCCCOC(=O)Cc2ccccc2Nc2c(Cl)cccc2Cl)cc1CN1CCCCC1. The molecule has 1 fully saturated rings. The molecule has 3 aromatic rings. The molecule has 0 unspecified atom stereocenters. The van der Waals surface area contributed by atoms with E-state index in [9.17, 15) is 9.59 Å². The Morgan fingerprint density at radius 2 is 1.57 bits per heavy atom. The number of benzene rings is 3. The van der Waals surface area contributed by atoms with Gasteiger partial charge in [-0.2, -0.15) is 0 Å². The molecule has 4 rings (SSSR count). The lowest BCUT2D eigenvalue weighted by Gasteiger charge is -2.27. The van der Waals surface area contributed by atoms with Crippen LogP contribution in [0.1, 0.15) is 60.0 Å². The lowest BCUT2D eigenvalue weighted by Crippen LogP contribution is -2.29. The topological polar surface area (TPSA) is 93.9 Å². The number of unbranched alkanes of at least 4 members (excludes halogenated alkanes) is 2. The molecule has 0 aliphatic carbocycles. The molecule has 0 spiro atoms. The zero-order chi connectivity index (χ0) is 29.9. The highest BCUT2D eigenvalue weighted by Gasteiger charge is 2.17. The van der Waals surface area contributed by atoms with E-state index < -0.39 is 0 Å². The maximum absolute atomic E-state index is 12.7. The van der Waals surface area contributed by atoms with Gasteiger partial charge in [-0.15, -0.1) is 0 Å². The summed E-state index contributed by atoms with van der Waals surface area (Å²) in [5.74, 6) is -0.692. The molecule has 224 valence electrons. The van der Waals surface area contributed by atoms with Crippen LogP contribution < -0.4 is 11.1 Å². The first kappa shape index (κ1) is 32.1. The third-order valence-electron chi connectivity index (χ3n) is 7.15. The van der Waals surface area contributed by atoms with Gasteiger partial charge in [-0.1, -0.05) is 53.9 Å². The molecule has 1 aliphatic heterocycles. The standard InChI is InChI=1S/C32H36BrCl2N3O4/c33-25-19-23(18-24(30(25)36)21-38-14-5-1-6-15-38)32(40)42-17-8-2-7-16-41-29(39)20-22-10-3-4-13-28(22)37-31-26(34)11-9-12-27(31)35/h3-4,9-13,18-19,37H,1-2,5-8,14-17,20-21,36H2. The van der Waals surface area contributed by atoms with E-state index in [0.717, 1.165) is 42.9 Å². The Labute approximate surface area is 265 Å². The smallest absolute Gasteiger partial charge is 0.338 e. The summed E-state index contributed by atoms with van der Waals surface area (Å²) in [7, 11) is 0. The van der Waals surface area contributed by atoms with Crippen LogP contribution in [-0.2, 0) is 27.2 Å². The molecule has 0 aromatic heterocycles. The summed E-state index contributed by atoms with van der Waals surface area (Å²) in [6, 6.07) is 16.3. The number of para-hydroxylation sites is 2. The molecule has 0 radical (unpaired) electrons. The van der Waals surface area contributed by atoms with Gasteiger partial charge in [0.15, 0.2) is 0 Å². The van der Waals surface area contributed by atoms with Crippen molar-refractivity contribution in [2.45, 2.75) is 51.5 Å². The second-order valence-electron chi connectivity index (χ2n) is 10.3. The molecule has 10 heteroatoms. The molecule has 1 heterocycles. The van der Waals surface area contributed by atoms with E-state index >= 15 is 0 Å². The van der Waals surface area contributed by atoms with Gasteiger partial charge in [0.2, 0.25) is 0 Å². The number of nitrogen functional groups attached to an aromatic ring is 1. The Balaban J connectivity index is 1.16. The second kappa shape index (κ2) is 16.2. The molecule has 3 aromatic carbocycles. The number of likely N-dealkylation sites (tertiary alicyclic amines) is 1. The van der Waals surface area contributed by atoms with Crippen molar-refractivity contribution in [2.75, 3.05) is 37.4 Å². The Morgan fingerprint density at radius 1 is 0.881 bits per heavy atom. The van der Waals surface area contributed by atoms with Crippen molar-refractivity contribution in [1.82, 2.24) is 4.90 Å². The van der Waals surface area contributed by atoms with Crippen LogP contribution in [-0.4, -0.2) is 43.1 Å². The molecule has 3 N–H and O–H groups in total. The number of carbonyl (C=O) groups is 2. The van der Waals surface area contributed by atoms with Crippen LogP contribution in [0.15, 0.2) is 59.1 Å². The number of halogens is 3. The predicted molar refractivity (Wildman–Crippen MR) is 173 cm³/mol. The first-order valence-corrected chi connectivity index (χ1v) is 15.8. The van der Waals surface area contributed by atoms with Crippen molar-refractivity contribution in [2.24, 2.45) is 0 Å². The number of nitrogens with two attached hydrogens (primary N) is 1. The number of piperidine rings is 1. The second-order valence-corrected chi connectivity index (χ2v) is 12.0. The lowest BCUT2D eigenvalue weighted by molar-refractivity contribution is -0.142. The summed E-state index contributed by atoms with van der Waals surface area (Å²) >= 11 is 16.1. The number of nitrogens with one attached hydrogen (secondary N) is 1. The highest BCUT2D eigenvalue weighted by molar-refractivity contribution is 9.10. The summed E-state index contributed by atoms with van der Waals surface area (Å²) in [4.78, 5) is 27.6. The van der Waals surface area contributed by atoms with Crippen molar-refractivity contribution in [3.05, 3.63) is 85.8 Å². The zero-order valence-corrected chi connectivity index (χ0v) is 26.6. The maximum Gasteiger partial charge on any atom is 0.338 e. The summed E-state index contributed by atoms with van der Waals surface area (Å²) < 4.78 is 11.7. The number of carbonyl (C=O) groups excluding carboxylic acids is 2. The average Bonchev–Trinajstić information content (AvgIpc) is 2.98. The van der Waals surface area contributed by atoms with Crippen LogP contribution in [0.25, 0.3) is 0 Å². The van der Waals surface area contributed by atoms with Crippen LogP contribution in [0.4, 0.5) is 17.1 Å². The fourth-order valence-corrected chi connectivity index (χ4v) is 5.85. The molecular formula is C32H36BrCl2N3O4. The number of hydrogen-bond donors (Lipinski definition) is 2. The van der Waals surface area contributed by atoms with Gasteiger partial charge in [0.1, 0.15) is 0 Å². The van der Waals surface area contributed by atoms with Crippen molar-refractivity contribution in [3.63, 3.8) is 0 Å². The molecule has 0 amide bonds. The van der Waals surface area contributed by atoms with Crippen LogP contribution in [0.3, 0.4) is 0 Å². The van der Waals surface area contributed by atoms with E-state index in [0.29, 0.717) is 57.5 Å². The fraction of sp³-hybridized carbons (Fsp3) is 0.375. The van der Waals surface area contributed by atoms with E-state index in [1.165, 1.54) is 19.3 Å². The van der Waals surface area contributed by atoms with Crippen molar-refractivity contribution < 1.29 is 19.1 Å². The minimum atomic E-state index is -0.368. The van der Waals surface area contributed by atoms with E-state index in [2.05, 4.69) is 26.1 Å². The number of rotatable bonds is 13. The minimum Gasteiger partial charge on any atom is -0.465 e. The summed E-state index contributed by atoms with van der Waals surface area (Å²) in [5.41, 5.74) is 10.5.